The number of carbonyl (C=O) groups is 3. The van der Waals surface area contributed by atoms with Crippen molar-refractivity contribution in [1.29, 1.82) is 0 Å². The minimum atomic E-state index is -0.632. The van der Waals surface area contributed by atoms with Gasteiger partial charge in [-0.05, 0) is 30.5 Å². The van der Waals surface area contributed by atoms with Gasteiger partial charge >= 0.3 is 0 Å². The molecule has 2 aliphatic rings. The molecule has 6 nitrogen and oxygen atoms in total. The summed E-state index contributed by atoms with van der Waals surface area (Å²) in [5.41, 5.74) is 0.326. The van der Waals surface area contributed by atoms with Crippen molar-refractivity contribution in [3.8, 4) is 0 Å². The molecular formula is C17H19BrN2O4S. The lowest BCUT2D eigenvalue weighted by Crippen LogP contribution is -2.49. The Morgan fingerprint density at radius 3 is 2.52 bits per heavy atom. The molecular weight excluding hydrogens is 408 g/mol. The van der Waals surface area contributed by atoms with Gasteiger partial charge in [-0.25, -0.2) is 0 Å². The molecule has 0 atom stereocenters. The Morgan fingerprint density at radius 1 is 1.24 bits per heavy atom. The van der Waals surface area contributed by atoms with Crippen molar-refractivity contribution in [2.75, 3.05) is 32.1 Å². The van der Waals surface area contributed by atoms with Gasteiger partial charge in [0.15, 0.2) is 0 Å². The molecule has 2 aliphatic heterocycles. The van der Waals surface area contributed by atoms with Gasteiger partial charge < -0.3 is 10.1 Å². The molecule has 0 aromatic heterocycles. The Bertz CT molecular complexity index is 658. The molecule has 2 fully saturated rings. The number of benzene rings is 1. The number of amides is 3. The first-order chi connectivity index (χ1) is 12.0. The standard InChI is InChI=1S/C17H19BrN2O4S/c18-13-3-1-12(2-4-13)17(5-9-24-10-6-17)15(22)19-7-8-20-14(21)11-25-16(20)23/h1-4H,5-11H2,(H,19,22). The summed E-state index contributed by atoms with van der Waals surface area (Å²) < 4.78 is 6.41. The summed E-state index contributed by atoms with van der Waals surface area (Å²) in [5, 5.41) is 2.67. The Kier molecular flexibility index (Phi) is 5.81. The number of ether oxygens (including phenoxy) is 1. The number of nitrogens with zero attached hydrogens (tertiary/aromatic N) is 1. The summed E-state index contributed by atoms with van der Waals surface area (Å²) in [5.74, 6) is -0.0877. The van der Waals surface area contributed by atoms with Gasteiger partial charge in [0.1, 0.15) is 0 Å². The Morgan fingerprint density at radius 2 is 1.92 bits per heavy atom. The van der Waals surface area contributed by atoms with E-state index in [1.54, 1.807) is 0 Å². The van der Waals surface area contributed by atoms with Crippen LogP contribution in [0.5, 0.6) is 0 Å². The van der Waals surface area contributed by atoms with E-state index in [4.69, 9.17) is 4.74 Å². The van der Waals surface area contributed by atoms with Crippen molar-refractivity contribution < 1.29 is 19.1 Å². The van der Waals surface area contributed by atoms with Gasteiger partial charge in [0.25, 0.3) is 5.24 Å². The zero-order chi connectivity index (χ0) is 17.9. The number of rotatable bonds is 5. The maximum atomic E-state index is 13.0. The molecule has 0 saturated carbocycles. The molecule has 8 heteroatoms. The number of nitrogens with one attached hydrogen (secondary N) is 1. The van der Waals surface area contributed by atoms with Crippen LogP contribution in [0.4, 0.5) is 4.79 Å². The lowest BCUT2D eigenvalue weighted by molar-refractivity contribution is -0.131. The van der Waals surface area contributed by atoms with Crippen molar-refractivity contribution in [2.45, 2.75) is 18.3 Å². The second kappa shape index (κ2) is 7.88. The SMILES string of the molecule is O=C1CSC(=O)N1CCNC(=O)C1(c2ccc(Br)cc2)CCOCC1. The van der Waals surface area contributed by atoms with Crippen molar-refractivity contribution in [3.05, 3.63) is 34.3 Å². The Labute approximate surface area is 158 Å². The first-order valence-corrected chi connectivity index (χ1v) is 9.90. The van der Waals surface area contributed by atoms with Crippen molar-refractivity contribution in [2.24, 2.45) is 0 Å². The van der Waals surface area contributed by atoms with Gasteiger partial charge in [-0.3, -0.25) is 19.3 Å². The zero-order valence-corrected chi connectivity index (χ0v) is 16.0. The predicted octanol–water partition coefficient (Wildman–Crippen LogP) is 2.31. The average Bonchev–Trinajstić information content (AvgIpc) is 2.94. The molecule has 3 amide bonds. The molecule has 0 radical (unpaired) electrons. The lowest BCUT2D eigenvalue weighted by Gasteiger charge is -2.36. The van der Waals surface area contributed by atoms with E-state index >= 15 is 0 Å². The van der Waals surface area contributed by atoms with E-state index in [1.165, 1.54) is 4.90 Å². The third-order valence-electron chi connectivity index (χ3n) is 4.64. The fourth-order valence-electron chi connectivity index (χ4n) is 3.18. The van der Waals surface area contributed by atoms with Crippen LogP contribution >= 0.6 is 27.7 Å². The van der Waals surface area contributed by atoms with Gasteiger partial charge in [0.05, 0.1) is 11.2 Å². The number of carbonyl (C=O) groups excluding carboxylic acids is 3. The predicted molar refractivity (Wildman–Crippen MR) is 98.4 cm³/mol. The molecule has 0 aliphatic carbocycles. The third-order valence-corrected chi connectivity index (χ3v) is 6.03. The van der Waals surface area contributed by atoms with Gasteiger partial charge in [-0.1, -0.05) is 39.8 Å². The molecule has 1 aromatic rings. The molecule has 2 heterocycles. The maximum Gasteiger partial charge on any atom is 0.288 e. The van der Waals surface area contributed by atoms with Crippen LogP contribution in [0, 0.1) is 0 Å². The van der Waals surface area contributed by atoms with E-state index < -0.39 is 5.41 Å². The van der Waals surface area contributed by atoms with Crippen molar-refractivity contribution in [1.82, 2.24) is 10.2 Å². The summed E-state index contributed by atoms with van der Waals surface area (Å²) in [6.45, 7) is 1.53. The van der Waals surface area contributed by atoms with E-state index in [1.807, 2.05) is 24.3 Å². The summed E-state index contributed by atoms with van der Waals surface area (Å²) in [7, 11) is 0. The highest BCUT2D eigenvalue weighted by Gasteiger charge is 2.41. The normalized spacial score (nSPS) is 20.0. The van der Waals surface area contributed by atoms with Crippen LogP contribution in [-0.4, -0.2) is 54.0 Å². The van der Waals surface area contributed by atoms with Gasteiger partial charge in [-0.15, -0.1) is 0 Å². The number of imide groups is 1. The molecule has 134 valence electrons. The molecule has 0 spiro atoms. The monoisotopic (exact) mass is 426 g/mol. The molecule has 2 saturated heterocycles. The van der Waals surface area contributed by atoms with Crippen LogP contribution in [-0.2, 0) is 19.7 Å². The molecule has 1 N–H and O–H groups in total. The van der Waals surface area contributed by atoms with Crippen LogP contribution in [0.3, 0.4) is 0 Å². The fourth-order valence-corrected chi connectivity index (χ4v) is 4.20. The number of halogens is 1. The van der Waals surface area contributed by atoms with Crippen molar-refractivity contribution in [3.63, 3.8) is 0 Å². The molecule has 25 heavy (non-hydrogen) atoms. The summed E-state index contributed by atoms with van der Waals surface area (Å²) in [4.78, 5) is 37.4. The van der Waals surface area contributed by atoms with Crippen LogP contribution in [0.2, 0.25) is 0 Å². The quantitative estimate of drug-likeness (QED) is 0.781. The Balaban J connectivity index is 1.68. The minimum Gasteiger partial charge on any atom is -0.381 e. The van der Waals surface area contributed by atoms with E-state index in [0.29, 0.717) is 26.1 Å². The van der Waals surface area contributed by atoms with E-state index in [0.717, 1.165) is 21.8 Å². The van der Waals surface area contributed by atoms with Crippen LogP contribution in [0.15, 0.2) is 28.7 Å². The highest BCUT2D eigenvalue weighted by atomic mass is 79.9. The van der Waals surface area contributed by atoms with E-state index in [2.05, 4.69) is 21.2 Å². The molecule has 0 bridgehead atoms. The summed E-state index contributed by atoms with van der Waals surface area (Å²) in [6.07, 6.45) is 1.22. The molecule has 0 unspecified atom stereocenters. The highest BCUT2D eigenvalue weighted by molar-refractivity contribution is 9.10. The summed E-state index contributed by atoms with van der Waals surface area (Å²) in [6, 6.07) is 7.77. The third kappa shape index (κ3) is 3.91. The lowest BCUT2D eigenvalue weighted by atomic mass is 9.73. The first kappa shape index (κ1) is 18.4. The smallest absolute Gasteiger partial charge is 0.288 e. The highest BCUT2D eigenvalue weighted by Crippen LogP contribution is 2.35. The number of thioether (sulfide) groups is 1. The number of hydrogen-bond acceptors (Lipinski definition) is 5. The van der Waals surface area contributed by atoms with E-state index in [9.17, 15) is 14.4 Å². The first-order valence-electron chi connectivity index (χ1n) is 8.12. The van der Waals surface area contributed by atoms with Gasteiger partial charge in [0, 0.05) is 30.8 Å². The maximum absolute atomic E-state index is 13.0. The summed E-state index contributed by atoms with van der Waals surface area (Å²) >= 11 is 4.42. The van der Waals surface area contributed by atoms with Gasteiger partial charge in [-0.2, -0.15) is 0 Å². The zero-order valence-electron chi connectivity index (χ0n) is 13.6. The van der Waals surface area contributed by atoms with Crippen LogP contribution in [0.1, 0.15) is 18.4 Å². The Hall–Kier alpha value is -1.38. The van der Waals surface area contributed by atoms with Crippen LogP contribution in [0.25, 0.3) is 0 Å². The average molecular weight is 427 g/mol. The van der Waals surface area contributed by atoms with Gasteiger partial charge in [0.2, 0.25) is 11.8 Å². The molecule has 1 aromatic carbocycles. The number of hydrogen-bond donors (Lipinski definition) is 1. The fraction of sp³-hybridized carbons (Fsp3) is 0.471. The molecule has 3 rings (SSSR count). The second-order valence-corrected chi connectivity index (χ2v) is 7.90. The van der Waals surface area contributed by atoms with E-state index in [-0.39, 0.29) is 35.9 Å². The van der Waals surface area contributed by atoms with Crippen LogP contribution < -0.4 is 5.32 Å². The largest absolute Gasteiger partial charge is 0.381 e. The minimum absolute atomic E-state index is 0.0788. The second-order valence-electron chi connectivity index (χ2n) is 6.06. The van der Waals surface area contributed by atoms with Crippen molar-refractivity contribution >= 4 is 44.7 Å². The topological polar surface area (TPSA) is 75.7 Å².